The second-order valence-corrected chi connectivity index (χ2v) is 8.86. The van der Waals surface area contributed by atoms with Crippen molar-refractivity contribution in [2.75, 3.05) is 27.2 Å². The molecule has 2 rings (SSSR count). The Morgan fingerprint density at radius 3 is 2.12 bits per heavy atom. The molecule has 0 heterocycles. The van der Waals surface area contributed by atoms with Gasteiger partial charge in [0.1, 0.15) is 0 Å². The van der Waals surface area contributed by atoms with Crippen LogP contribution in [0.15, 0.2) is 53.5 Å². The number of aliphatic imine (C=N–C) groups is 1. The molecule has 0 aromatic heterocycles. The zero-order valence-corrected chi connectivity index (χ0v) is 22.3. The van der Waals surface area contributed by atoms with Crippen LogP contribution in [0.2, 0.25) is 0 Å². The molecule has 0 aliphatic heterocycles. The number of halogens is 1. The number of hydrogen-bond donors (Lipinski definition) is 3. The predicted molar refractivity (Wildman–Crippen MR) is 143 cm³/mol. The molecule has 0 aliphatic carbocycles. The van der Waals surface area contributed by atoms with Crippen molar-refractivity contribution in [3.63, 3.8) is 0 Å². The molecular formula is C25H37IN4O2. The van der Waals surface area contributed by atoms with Gasteiger partial charge in [0.15, 0.2) is 5.96 Å². The fraction of sp³-hybridized carbons (Fsp3) is 0.440. The van der Waals surface area contributed by atoms with Gasteiger partial charge in [0.05, 0.1) is 12.6 Å². The van der Waals surface area contributed by atoms with Crippen LogP contribution < -0.4 is 10.6 Å². The van der Waals surface area contributed by atoms with Gasteiger partial charge in [-0.15, -0.1) is 24.0 Å². The average molecular weight is 553 g/mol. The summed E-state index contributed by atoms with van der Waals surface area (Å²) in [6.45, 7) is 10.1. The van der Waals surface area contributed by atoms with E-state index in [0.717, 1.165) is 17.7 Å². The molecule has 0 saturated carbocycles. The largest absolute Gasteiger partial charge is 0.387 e. The SMILES string of the molecule is CCNC(=NCc1ccc(C(=O)N(C)C)cc1)NCC(O)c1ccc(C(C)(C)C)cc1.I. The van der Waals surface area contributed by atoms with Gasteiger partial charge in [-0.2, -0.15) is 0 Å². The molecule has 3 N–H and O–H groups in total. The number of amides is 1. The normalized spacial score (nSPS) is 12.5. The van der Waals surface area contributed by atoms with Gasteiger partial charge in [0, 0.05) is 32.7 Å². The number of benzene rings is 2. The maximum atomic E-state index is 12.0. The van der Waals surface area contributed by atoms with Crippen LogP contribution in [0, 0.1) is 0 Å². The van der Waals surface area contributed by atoms with Crippen LogP contribution in [0.4, 0.5) is 0 Å². The van der Waals surface area contributed by atoms with E-state index in [4.69, 9.17) is 0 Å². The van der Waals surface area contributed by atoms with E-state index < -0.39 is 6.10 Å². The van der Waals surface area contributed by atoms with E-state index in [1.165, 1.54) is 5.56 Å². The summed E-state index contributed by atoms with van der Waals surface area (Å²) in [7, 11) is 3.48. The van der Waals surface area contributed by atoms with Crippen LogP contribution in [0.1, 0.15) is 60.8 Å². The highest BCUT2D eigenvalue weighted by Gasteiger charge is 2.15. The van der Waals surface area contributed by atoms with E-state index in [1.54, 1.807) is 19.0 Å². The molecule has 0 spiro atoms. The van der Waals surface area contributed by atoms with Crippen molar-refractivity contribution in [2.45, 2.75) is 45.8 Å². The number of aliphatic hydroxyl groups excluding tert-OH is 1. The first-order valence-electron chi connectivity index (χ1n) is 10.7. The Balaban J connectivity index is 0.00000512. The van der Waals surface area contributed by atoms with E-state index in [-0.39, 0.29) is 35.3 Å². The standard InChI is InChI=1S/C25H36N4O2.HI/c1-7-26-24(27-16-18-8-10-20(11-9-18)23(31)29(5)6)28-17-22(30)19-12-14-21(15-13-19)25(2,3)4;/h8-15,22,30H,7,16-17H2,1-6H3,(H2,26,27,28);1H. The monoisotopic (exact) mass is 552 g/mol. The minimum atomic E-state index is -0.630. The van der Waals surface area contributed by atoms with Crippen LogP contribution >= 0.6 is 24.0 Å². The molecule has 7 heteroatoms. The van der Waals surface area contributed by atoms with Gasteiger partial charge in [-0.05, 0) is 41.2 Å². The Bertz CT molecular complexity index is 872. The highest BCUT2D eigenvalue weighted by Crippen LogP contribution is 2.23. The number of nitrogens with one attached hydrogen (secondary N) is 2. The Labute approximate surface area is 209 Å². The zero-order chi connectivity index (χ0) is 23.0. The summed E-state index contributed by atoms with van der Waals surface area (Å²) in [5.74, 6) is 0.621. The fourth-order valence-corrected chi connectivity index (χ4v) is 3.04. The van der Waals surface area contributed by atoms with Gasteiger partial charge in [0.2, 0.25) is 0 Å². The van der Waals surface area contributed by atoms with Crippen LogP contribution in [0.5, 0.6) is 0 Å². The van der Waals surface area contributed by atoms with Crippen molar-refractivity contribution in [3.8, 4) is 0 Å². The molecule has 1 atom stereocenters. The molecule has 0 saturated heterocycles. The summed E-state index contributed by atoms with van der Waals surface area (Å²) < 4.78 is 0. The van der Waals surface area contributed by atoms with Gasteiger partial charge >= 0.3 is 0 Å². The van der Waals surface area contributed by atoms with Gasteiger partial charge in [-0.1, -0.05) is 57.2 Å². The number of aliphatic hydroxyl groups is 1. The van der Waals surface area contributed by atoms with E-state index >= 15 is 0 Å². The lowest BCUT2D eigenvalue weighted by molar-refractivity contribution is 0.0827. The van der Waals surface area contributed by atoms with E-state index in [9.17, 15) is 9.90 Å². The Hall–Kier alpha value is -2.13. The lowest BCUT2D eigenvalue weighted by Gasteiger charge is -2.20. The van der Waals surface area contributed by atoms with Crippen LogP contribution in [-0.2, 0) is 12.0 Å². The van der Waals surface area contributed by atoms with Gasteiger partial charge < -0.3 is 20.6 Å². The highest BCUT2D eigenvalue weighted by molar-refractivity contribution is 14.0. The maximum absolute atomic E-state index is 12.0. The van der Waals surface area contributed by atoms with Crippen LogP contribution in [-0.4, -0.2) is 49.1 Å². The molecule has 6 nitrogen and oxygen atoms in total. The van der Waals surface area contributed by atoms with Crippen molar-refractivity contribution in [1.82, 2.24) is 15.5 Å². The third kappa shape index (κ3) is 8.43. The second kappa shape index (κ2) is 12.8. The van der Waals surface area contributed by atoms with Gasteiger partial charge in [-0.3, -0.25) is 4.79 Å². The van der Waals surface area contributed by atoms with Crippen molar-refractivity contribution < 1.29 is 9.90 Å². The topological polar surface area (TPSA) is 77.0 Å². The van der Waals surface area contributed by atoms with Crippen LogP contribution in [0.25, 0.3) is 0 Å². The van der Waals surface area contributed by atoms with E-state index in [1.807, 2.05) is 43.3 Å². The molecule has 1 amide bonds. The lowest BCUT2D eigenvalue weighted by Crippen LogP contribution is -2.39. The van der Waals surface area contributed by atoms with E-state index in [0.29, 0.717) is 24.6 Å². The van der Waals surface area contributed by atoms with Crippen molar-refractivity contribution in [3.05, 3.63) is 70.8 Å². The first-order valence-corrected chi connectivity index (χ1v) is 10.7. The predicted octanol–water partition coefficient (Wildman–Crippen LogP) is 4.09. The molecule has 0 aliphatic rings. The van der Waals surface area contributed by atoms with Crippen molar-refractivity contribution >= 4 is 35.8 Å². The third-order valence-corrected chi connectivity index (χ3v) is 5.00. The summed E-state index contributed by atoms with van der Waals surface area (Å²) in [5, 5.41) is 17.0. The zero-order valence-electron chi connectivity index (χ0n) is 20.0. The summed E-state index contributed by atoms with van der Waals surface area (Å²) >= 11 is 0. The smallest absolute Gasteiger partial charge is 0.253 e. The maximum Gasteiger partial charge on any atom is 0.253 e. The number of carbonyl (C=O) groups excluding carboxylic acids is 1. The Morgan fingerprint density at radius 2 is 1.62 bits per heavy atom. The number of nitrogens with zero attached hydrogens (tertiary/aromatic N) is 2. The summed E-state index contributed by atoms with van der Waals surface area (Å²) in [6, 6.07) is 15.6. The van der Waals surface area contributed by atoms with E-state index in [2.05, 4.69) is 48.5 Å². The lowest BCUT2D eigenvalue weighted by atomic mass is 9.86. The minimum absolute atomic E-state index is 0. The molecule has 2 aromatic carbocycles. The fourth-order valence-electron chi connectivity index (χ4n) is 3.04. The number of carbonyl (C=O) groups is 1. The Morgan fingerprint density at radius 1 is 1.03 bits per heavy atom. The molecule has 0 radical (unpaired) electrons. The average Bonchev–Trinajstić information content (AvgIpc) is 2.74. The third-order valence-electron chi connectivity index (χ3n) is 5.00. The number of hydrogen-bond acceptors (Lipinski definition) is 3. The minimum Gasteiger partial charge on any atom is -0.387 e. The highest BCUT2D eigenvalue weighted by atomic mass is 127. The first-order chi connectivity index (χ1) is 14.6. The molecular weight excluding hydrogens is 515 g/mol. The van der Waals surface area contributed by atoms with Crippen molar-refractivity contribution in [1.29, 1.82) is 0 Å². The molecule has 1 unspecified atom stereocenters. The van der Waals surface area contributed by atoms with Crippen molar-refractivity contribution in [2.24, 2.45) is 4.99 Å². The molecule has 2 aromatic rings. The molecule has 32 heavy (non-hydrogen) atoms. The summed E-state index contributed by atoms with van der Waals surface area (Å²) in [6.07, 6.45) is -0.630. The Kier molecular flexibility index (Phi) is 11.2. The molecule has 0 bridgehead atoms. The number of rotatable bonds is 7. The quantitative estimate of drug-likeness (QED) is 0.275. The second-order valence-electron chi connectivity index (χ2n) is 8.86. The van der Waals surface area contributed by atoms with Crippen LogP contribution in [0.3, 0.4) is 0 Å². The molecule has 176 valence electrons. The summed E-state index contributed by atoms with van der Waals surface area (Å²) in [5.41, 5.74) is 3.86. The first kappa shape index (κ1) is 27.9. The van der Waals surface area contributed by atoms with Gasteiger partial charge in [0.25, 0.3) is 5.91 Å². The summed E-state index contributed by atoms with van der Waals surface area (Å²) in [4.78, 5) is 18.1. The number of guanidine groups is 1. The molecule has 0 fully saturated rings. The van der Waals surface area contributed by atoms with Gasteiger partial charge in [-0.25, -0.2) is 4.99 Å².